The van der Waals surface area contributed by atoms with Crippen molar-refractivity contribution in [3.63, 3.8) is 0 Å². The lowest BCUT2D eigenvalue weighted by molar-refractivity contribution is 0.0688. The molecule has 5 nitrogen and oxygen atoms in total. The van der Waals surface area contributed by atoms with Crippen molar-refractivity contribution in [2.24, 2.45) is 0 Å². The number of aromatic nitrogens is 2. The lowest BCUT2D eigenvalue weighted by Crippen LogP contribution is -2.22. The number of H-pyrrole nitrogens is 1. The number of carbonyl (C=O) groups is 1. The number of carboxylic acid groups (broad SMARTS) is 1. The summed E-state index contributed by atoms with van der Waals surface area (Å²) in [5.41, 5.74) is 0.0850. The molecule has 2 N–H and O–H groups in total. The molecule has 0 spiro atoms. The van der Waals surface area contributed by atoms with Gasteiger partial charge < -0.3 is 10.1 Å². The topological polar surface area (TPSA) is 83.0 Å². The third kappa shape index (κ3) is 1.52. The van der Waals surface area contributed by atoms with E-state index < -0.39 is 5.97 Å². The van der Waals surface area contributed by atoms with Gasteiger partial charge in [0.25, 0.3) is 5.56 Å². The Kier molecular flexibility index (Phi) is 1.89. The fraction of sp³-hybridized carbons (Fsp3) is 0.545. The lowest BCUT2D eigenvalue weighted by atomic mass is 10.1. The van der Waals surface area contributed by atoms with Crippen LogP contribution in [0, 0.1) is 0 Å². The molecule has 1 aromatic heterocycles. The maximum atomic E-state index is 11.8. The summed E-state index contributed by atoms with van der Waals surface area (Å²) in [5.74, 6) is -0.170. The third-order valence-corrected chi connectivity index (χ3v) is 3.13. The van der Waals surface area contributed by atoms with Gasteiger partial charge in [-0.25, -0.2) is 9.78 Å². The fourth-order valence-corrected chi connectivity index (χ4v) is 1.96. The molecule has 1 aromatic rings. The highest BCUT2D eigenvalue weighted by Gasteiger charge is 2.34. The summed E-state index contributed by atoms with van der Waals surface area (Å²) in [5, 5.41) is 9.08. The first kappa shape index (κ1) is 9.57. The van der Waals surface area contributed by atoms with E-state index in [0.717, 1.165) is 25.7 Å². The monoisotopic (exact) mass is 220 g/mol. The number of aromatic amines is 1. The van der Waals surface area contributed by atoms with E-state index in [-0.39, 0.29) is 23.1 Å². The molecule has 0 aromatic carbocycles. The van der Waals surface area contributed by atoms with Crippen LogP contribution in [-0.4, -0.2) is 21.0 Å². The maximum absolute atomic E-state index is 11.8. The molecule has 16 heavy (non-hydrogen) atoms. The zero-order chi connectivity index (χ0) is 11.3. The summed E-state index contributed by atoms with van der Waals surface area (Å²) >= 11 is 0. The standard InChI is InChI=1S/C11H12N2O3/c14-10-7(5-1-2-5)8(11(15)16)12-9(13-10)6-3-4-6/h5-6H,1-4H2,(H,15,16)(H,12,13,14). The van der Waals surface area contributed by atoms with Crippen molar-refractivity contribution in [1.29, 1.82) is 0 Å². The normalized spacial score (nSPS) is 19.8. The summed E-state index contributed by atoms with van der Waals surface area (Å²) < 4.78 is 0. The van der Waals surface area contributed by atoms with Gasteiger partial charge in [0, 0.05) is 5.92 Å². The van der Waals surface area contributed by atoms with E-state index in [1.54, 1.807) is 0 Å². The Bertz CT molecular complexity index is 512. The van der Waals surface area contributed by atoms with Gasteiger partial charge in [0.15, 0.2) is 5.69 Å². The number of nitrogens with zero attached hydrogens (tertiary/aromatic N) is 1. The zero-order valence-corrected chi connectivity index (χ0v) is 8.69. The van der Waals surface area contributed by atoms with E-state index in [4.69, 9.17) is 5.11 Å². The van der Waals surface area contributed by atoms with Crippen LogP contribution < -0.4 is 5.56 Å². The minimum atomic E-state index is -1.09. The van der Waals surface area contributed by atoms with Gasteiger partial charge in [0.2, 0.25) is 0 Å². The Balaban J connectivity index is 2.15. The number of aromatic carboxylic acids is 1. The van der Waals surface area contributed by atoms with Crippen molar-refractivity contribution in [2.45, 2.75) is 37.5 Å². The molecule has 3 rings (SSSR count). The van der Waals surface area contributed by atoms with Crippen molar-refractivity contribution in [1.82, 2.24) is 9.97 Å². The minimum absolute atomic E-state index is 0.0341. The van der Waals surface area contributed by atoms with E-state index >= 15 is 0 Å². The molecule has 2 saturated carbocycles. The number of hydrogen-bond donors (Lipinski definition) is 2. The highest BCUT2D eigenvalue weighted by Crippen LogP contribution is 2.41. The fourth-order valence-electron chi connectivity index (χ4n) is 1.96. The predicted molar refractivity (Wildman–Crippen MR) is 55.8 cm³/mol. The average molecular weight is 220 g/mol. The Hall–Kier alpha value is -1.65. The zero-order valence-electron chi connectivity index (χ0n) is 8.69. The van der Waals surface area contributed by atoms with Crippen LogP contribution in [-0.2, 0) is 0 Å². The van der Waals surface area contributed by atoms with Crippen LogP contribution in [0.3, 0.4) is 0 Å². The van der Waals surface area contributed by atoms with Crippen molar-refractivity contribution in [3.05, 3.63) is 27.4 Å². The molecule has 2 aliphatic rings. The summed E-state index contributed by atoms with van der Waals surface area (Å²) in [6, 6.07) is 0. The van der Waals surface area contributed by atoms with Gasteiger partial charge in [-0.2, -0.15) is 0 Å². The summed E-state index contributed by atoms with van der Waals surface area (Å²) in [6.45, 7) is 0. The quantitative estimate of drug-likeness (QED) is 0.802. The van der Waals surface area contributed by atoms with Crippen molar-refractivity contribution < 1.29 is 9.90 Å². The summed E-state index contributed by atoms with van der Waals surface area (Å²) in [4.78, 5) is 29.7. The Morgan fingerprint density at radius 3 is 2.38 bits per heavy atom. The first-order chi connectivity index (χ1) is 7.66. The number of rotatable bonds is 3. The lowest BCUT2D eigenvalue weighted by Gasteiger charge is -2.05. The van der Waals surface area contributed by atoms with Crippen LogP contribution >= 0.6 is 0 Å². The van der Waals surface area contributed by atoms with E-state index in [0.29, 0.717) is 11.4 Å². The second kappa shape index (κ2) is 3.17. The molecule has 2 aliphatic carbocycles. The van der Waals surface area contributed by atoms with Gasteiger partial charge >= 0.3 is 5.97 Å². The van der Waals surface area contributed by atoms with Crippen molar-refractivity contribution in [2.75, 3.05) is 0 Å². The second-order valence-electron chi connectivity index (χ2n) is 4.57. The molecular formula is C11H12N2O3. The van der Waals surface area contributed by atoms with Gasteiger partial charge in [-0.3, -0.25) is 4.79 Å². The van der Waals surface area contributed by atoms with E-state index in [1.807, 2.05) is 0 Å². The molecule has 1 heterocycles. The van der Waals surface area contributed by atoms with E-state index in [2.05, 4.69) is 9.97 Å². The van der Waals surface area contributed by atoms with E-state index in [1.165, 1.54) is 0 Å². The van der Waals surface area contributed by atoms with Gasteiger partial charge in [-0.15, -0.1) is 0 Å². The van der Waals surface area contributed by atoms with Gasteiger partial charge in [0.1, 0.15) is 5.82 Å². The number of hydrogen-bond acceptors (Lipinski definition) is 3. The first-order valence-corrected chi connectivity index (χ1v) is 5.54. The highest BCUT2D eigenvalue weighted by atomic mass is 16.4. The minimum Gasteiger partial charge on any atom is -0.476 e. The predicted octanol–water partition coefficient (Wildman–Crippen LogP) is 1.22. The van der Waals surface area contributed by atoms with Crippen LogP contribution in [0.2, 0.25) is 0 Å². The van der Waals surface area contributed by atoms with Gasteiger partial charge in [0.05, 0.1) is 5.56 Å². The molecule has 5 heteroatoms. The highest BCUT2D eigenvalue weighted by molar-refractivity contribution is 5.87. The smallest absolute Gasteiger partial charge is 0.355 e. The molecule has 2 fully saturated rings. The first-order valence-electron chi connectivity index (χ1n) is 5.54. The molecule has 0 saturated heterocycles. The van der Waals surface area contributed by atoms with Crippen LogP contribution in [0.4, 0.5) is 0 Å². The van der Waals surface area contributed by atoms with Crippen LogP contribution in [0.15, 0.2) is 4.79 Å². The summed E-state index contributed by atoms with van der Waals surface area (Å²) in [7, 11) is 0. The Labute approximate surface area is 91.5 Å². The molecule has 0 radical (unpaired) electrons. The van der Waals surface area contributed by atoms with Gasteiger partial charge in [-0.1, -0.05) is 0 Å². The van der Waals surface area contributed by atoms with Gasteiger partial charge in [-0.05, 0) is 31.6 Å². The Morgan fingerprint density at radius 2 is 1.88 bits per heavy atom. The largest absolute Gasteiger partial charge is 0.476 e. The third-order valence-electron chi connectivity index (χ3n) is 3.13. The molecule has 84 valence electrons. The van der Waals surface area contributed by atoms with Crippen LogP contribution in [0.5, 0.6) is 0 Å². The summed E-state index contributed by atoms with van der Waals surface area (Å²) in [6.07, 6.45) is 3.77. The second-order valence-corrected chi connectivity index (χ2v) is 4.57. The van der Waals surface area contributed by atoms with Crippen molar-refractivity contribution in [3.8, 4) is 0 Å². The number of nitrogens with one attached hydrogen (secondary N) is 1. The molecule has 0 unspecified atom stereocenters. The molecular weight excluding hydrogens is 208 g/mol. The molecule has 0 aliphatic heterocycles. The SMILES string of the molecule is O=C(O)c1nc(C2CC2)[nH]c(=O)c1C1CC1. The van der Waals surface area contributed by atoms with Crippen molar-refractivity contribution >= 4 is 5.97 Å². The molecule has 0 bridgehead atoms. The molecule has 0 amide bonds. The number of carboxylic acids is 1. The maximum Gasteiger partial charge on any atom is 0.355 e. The van der Waals surface area contributed by atoms with Crippen LogP contribution in [0.25, 0.3) is 0 Å². The Morgan fingerprint density at radius 1 is 1.25 bits per heavy atom. The van der Waals surface area contributed by atoms with Crippen LogP contribution in [0.1, 0.15) is 59.4 Å². The average Bonchev–Trinajstić information content (AvgIpc) is 3.09. The van der Waals surface area contributed by atoms with E-state index in [9.17, 15) is 9.59 Å². The molecule has 0 atom stereocenters.